The summed E-state index contributed by atoms with van der Waals surface area (Å²) >= 11 is 4.36. The molecule has 0 aliphatic rings. The zero-order valence-corrected chi connectivity index (χ0v) is 19.5. The minimum atomic E-state index is -1.31. The van der Waals surface area contributed by atoms with Crippen molar-refractivity contribution in [3.8, 4) is 11.5 Å². The molecule has 0 unspecified atom stereocenters. The standard InChI is InChI=1S/C19H31N3O5SSi/c1-24-14-27-17-12-16(25-8-6-5-7-21-22-20)11-15(13-28)18(17)19(23)26-9-10-29(2,3)4/h11-12,28H,5-10,13-14H2,1-4H3. The SMILES string of the molecule is COCOc1cc(OCCCCN=[N+]=[N-])cc(CS)c1C(=O)OCC[Si](C)(C)C. The number of rotatable bonds is 14. The van der Waals surface area contributed by atoms with Crippen molar-refractivity contribution in [2.75, 3.05) is 33.7 Å². The van der Waals surface area contributed by atoms with E-state index in [1.165, 1.54) is 7.11 Å². The maximum atomic E-state index is 12.7. The topological polar surface area (TPSA) is 103 Å². The molecular formula is C19H31N3O5SSi. The number of esters is 1. The lowest BCUT2D eigenvalue weighted by atomic mass is 10.1. The molecule has 0 heterocycles. The summed E-state index contributed by atoms with van der Waals surface area (Å²) in [6, 6.07) is 4.32. The van der Waals surface area contributed by atoms with Crippen LogP contribution in [0.3, 0.4) is 0 Å². The van der Waals surface area contributed by atoms with Gasteiger partial charge in [-0.25, -0.2) is 4.79 Å². The van der Waals surface area contributed by atoms with E-state index in [1.54, 1.807) is 12.1 Å². The average molecular weight is 442 g/mol. The van der Waals surface area contributed by atoms with E-state index in [1.807, 2.05) is 0 Å². The number of carbonyl (C=O) groups is 1. The van der Waals surface area contributed by atoms with Crippen LogP contribution in [0.15, 0.2) is 17.2 Å². The lowest BCUT2D eigenvalue weighted by Gasteiger charge is -2.18. The van der Waals surface area contributed by atoms with Gasteiger partial charge in [-0.15, -0.1) is 0 Å². The predicted octanol–water partition coefficient (Wildman–Crippen LogP) is 5.06. The van der Waals surface area contributed by atoms with Crippen molar-refractivity contribution in [3.63, 3.8) is 0 Å². The molecule has 10 heteroatoms. The number of nitrogens with zero attached hydrogens (tertiary/aromatic N) is 3. The first-order valence-electron chi connectivity index (χ1n) is 9.52. The molecule has 1 aromatic carbocycles. The van der Waals surface area contributed by atoms with Crippen molar-refractivity contribution in [2.24, 2.45) is 5.11 Å². The molecule has 0 aliphatic heterocycles. The second kappa shape index (κ2) is 13.4. The number of benzene rings is 1. The van der Waals surface area contributed by atoms with Gasteiger partial charge in [-0.2, -0.15) is 12.6 Å². The third kappa shape index (κ3) is 9.93. The van der Waals surface area contributed by atoms with E-state index in [2.05, 4.69) is 42.3 Å². The van der Waals surface area contributed by atoms with Crippen molar-refractivity contribution in [1.82, 2.24) is 0 Å². The van der Waals surface area contributed by atoms with Crippen LogP contribution in [-0.2, 0) is 15.2 Å². The lowest BCUT2D eigenvalue weighted by Crippen LogP contribution is -2.23. The van der Waals surface area contributed by atoms with Gasteiger partial charge in [-0.1, -0.05) is 24.8 Å². The number of ether oxygens (including phenoxy) is 4. The smallest absolute Gasteiger partial charge is 0.342 e. The normalized spacial score (nSPS) is 10.9. The lowest BCUT2D eigenvalue weighted by molar-refractivity contribution is 0.0435. The molecule has 0 aliphatic carbocycles. The van der Waals surface area contributed by atoms with Gasteiger partial charge < -0.3 is 18.9 Å². The Morgan fingerprint density at radius 3 is 2.59 bits per heavy atom. The fraction of sp³-hybridized carbons (Fsp3) is 0.632. The van der Waals surface area contributed by atoms with Crippen LogP contribution in [0.5, 0.6) is 11.5 Å². The molecule has 0 N–H and O–H groups in total. The first-order chi connectivity index (χ1) is 13.8. The highest BCUT2D eigenvalue weighted by atomic mass is 32.1. The summed E-state index contributed by atoms with van der Waals surface area (Å²) in [6.07, 6.45) is 1.47. The Balaban J connectivity index is 2.92. The van der Waals surface area contributed by atoms with Gasteiger partial charge in [0, 0.05) is 38.5 Å². The van der Waals surface area contributed by atoms with E-state index < -0.39 is 14.0 Å². The summed E-state index contributed by atoms with van der Waals surface area (Å²) in [4.78, 5) is 15.4. The largest absolute Gasteiger partial charge is 0.493 e. The number of unbranched alkanes of at least 4 members (excludes halogenated alkanes) is 1. The zero-order chi connectivity index (χ0) is 21.7. The summed E-state index contributed by atoms with van der Waals surface area (Å²) in [7, 11) is 0.202. The van der Waals surface area contributed by atoms with E-state index in [9.17, 15) is 4.79 Å². The summed E-state index contributed by atoms with van der Waals surface area (Å²) in [5, 5.41) is 3.49. The van der Waals surface area contributed by atoms with Crippen molar-refractivity contribution in [3.05, 3.63) is 33.7 Å². The Bertz CT molecular complexity index is 706. The van der Waals surface area contributed by atoms with Gasteiger partial charge in [0.25, 0.3) is 0 Å². The van der Waals surface area contributed by atoms with Crippen molar-refractivity contribution in [2.45, 2.75) is 44.3 Å². The molecule has 0 atom stereocenters. The number of carbonyl (C=O) groups excluding carboxylic acids is 1. The van der Waals surface area contributed by atoms with E-state index in [0.29, 0.717) is 48.1 Å². The molecule has 0 amide bonds. The quantitative estimate of drug-likeness (QED) is 0.0635. The molecular weight excluding hydrogens is 410 g/mol. The van der Waals surface area contributed by atoms with Gasteiger partial charge in [-0.3, -0.25) is 0 Å². The highest BCUT2D eigenvalue weighted by molar-refractivity contribution is 7.79. The van der Waals surface area contributed by atoms with Crippen LogP contribution in [0.25, 0.3) is 10.4 Å². The van der Waals surface area contributed by atoms with E-state index in [-0.39, 0.29) is 6.79 Å². The monoisotopic (exact) mass is 441 g/mol. The first-order valence-corrected chi connectivity index (χ1v) is 13.9. The van der Waals surface area contributed by atoms with E-state index in [0.717, 1.165) is 18.9 Å². The van der Waals surface area contributed by atoms with Gasteiger partial charge in [0.1, 0.15) is 17.1 Å². The van der Waals surface area contributed by atoms with E-state index in [4.69, 9.17) is 24.5 Å². The number of hydrogen-bond donors (Lipinski definition) is 1. The van der Waals surface area contributed by atoms with Crippen LogP contribution in [0, 0.1) is 0 Å². The Morgan fingerprint density at radius 1 is 1.21 bits per heavy atom. The van der Waals surface area contributed by atoms with Gasteiger partial charge in [0.05, 0.1) is 13.2 Å². The average Bonchev–Trinajstić information content (AvgIpc) is 2.67. The second-order valence-electron chi connectivity index (χ2n) is 7.62. The van der Waals surface area contributed by atoms with Crippen molar-refractivity contribution >= 4 is 26.7 Å². The highest BCUT2D eigenvalue weighted by Crippen LogP contribution is 2.31. The molecule has 0 radical (unpaired) electrons. The molecule has 162 valence electrons. The molecule has 0 saturated carbocycles. The Hall–Kier alpha value is -1.87. The second-order valence-corrected chi connectivity index (χ2v) is 13.6. The minimum Gasteiger partial charge on any atom is -0.493 e. The Labute approximate surface area is 178 Å². The van der Waals surface area contributed by atoms with Crippen LogP contribution in [0.4, 0.5) is 0 Å². The fourth-order valence-corrected chi connectivity index (χ4v) is 3.33. The molecule has 0 fully saturated rings. The Kier molecular flexibility index (Phi) is 11.6. The van der Waals surface area contributed by atoms with Gasteiger partial charge in [-0.05, 0) is 36.0 Å². The minimum absolute atomic E-state index is 0.00316. The number of azide groups is 1. The van der Waals surface area contributed by atoms with E-state index >= 15 is 0 Å². The molecule has 0 saturated heterocycles. The summed E-state index contributed by atoms with van der Waals surface area (Å²) in [5.74, 6) is 0.818. The van der Waals surface area contributed by atoms with Gasteiger partial charge >= 0.3 is 5.97 Å². The maximum absolute atomic E-state index is 12.7. The maximum Gasteiger partial charge on any atom is 0.342 e. The number of hydrogen-bond acceptors (Lipinski definition) is 7. The molecule has 29 heavy (non-hydrogen) atoms. The zero-order valence-electron chi connectivity index (χ0n) is 17.6. The molecule has 1 aromatic rings. The summed E-state index contributed by atoms with van der Waals surface area (Å²) in [5.41, 5.74) is 9.30. The molecule has 0 aromatic heterocycles. The Morgan fingerprint density at radius 2 is 1.97 bits per heavy atom. The third-order valence-electron chi connectivity index (χ3n) is 3.93. The molecule has 8 nitrogen and oxygen atoms in total. The molecule has 1 rings (SSSR count). The highest BCUT2D eigenvalue weighted by Gasteiger charge is 2.22. The number of methoxy groups -OCH3 is 1. The first kappa shape index (κ1) is 25.2. The van der Waals surface area contributed by atoms with Crippen LogP contribution in [0.2, 0.25) is 25.7 Å². The van der Waals surface area contributed by atoms with Crippen LogP contribution in [-0.4, -0.2) is 47.7 Å². The fourth-order valence-electron chi connectivity index (χ4n) is 2.36. The molecule has 0 spiro atoms. The van der Waals surface area contributed by atoms with Gasteiger partial charge in [0.2, 0.25) is 0 Å². The summed E-state index contributed by atoms with van der Waals surface area (Å²) in [6.45, 7) is 7.96. The van der Waals surface area contributed by atoms with Crippen LogP contribution >= 0.6 is 12.6 Å². The van der Waals surface area contributed by atoms with Crippen LogP contribution < -0.4 is 9.47 Å². The van der Waals surface area contributed by atoms with Crippen molar-refractivity contribution < 1.29 is 23.7 Å². The summed E-state index contributed by atoms with van der Waals surface area (Å²) < 4.78 is 21.9. The third-order valence-corrected chi connectivity index (χ3v) is 5.98. The number of thiol groups is 1. The van der Waals surface area contributed by atoms with Crippen molar-refractivity contribution in [1.29, 1.82) is 0 Å². The predicted molar refractivity (Wildman–Crippen MR) is 119 cm³/mol. The molecule has 0 bridgehead atoms. The van der Waals surface area contributed by atoms with Crippen LogP contribution in [0.1, 0.15) is 28.8 Å². The van der Waals surface area contributed by atoms with Gasteiger partial charge in [0.15, 0.2) is 6.79 Å².